The summed E-state index contributed by atoms with van der Waals surface area (Å²) in [6, 6.07) is 14.4. The summed E-state index contributed by atoms with van der Waals surface area (Å²) >= 11 is 7.78. The molecular formula is C28H30ClN5O5S. The van der Waals surface area contributed by atoms with Crippen LogP contribution in [0.4, 0.5) is 5.95 Å². The van der Waals surface area contributed by atoms with E-state index in [1.807, 2.05) is 43.3 Å². The molecule has 40 heavy (non-hydrogen) atoms. The van der Waals surface area contributed by atoms with Gasteiger partial charge in [0.25, 0.3) is 5.91 Å². The average Bonchev–Trinajstić information content (AvgIpc) is 3.38. The summed E-state index contributed by atoms with van der Waals surface area (Å²) in [6.07, 6.45) is 0. The number of rotatable bonds is 9. The van der Waals surface area contributed by atoms with Crippen LogP contribution in [0.5, 0.6) is 5.75 Å². The molecule has 1 fully saturated rings. The van der Waals surface area contributed by atoms with Gasteiger partial charge < -0.3 is 24.4 Å². The molecule has 2 aromatic carbocycles. The molecule has 1 atom stereocenters. The lowest BCUT2D eigenvalue weighted by Gasteiger charge is -2.28. The Kier molecular flexibility index (Phi) is 8.93. The van der Waals surface area contributed by atoms with Gasteiger partial charge in [0.15, 0.2) is 6.61 Å². The minimum atomic E-state index is -0.568. The van der Waals surface area contributed by atoms with Crippen LogP contribution in [0.3, 0.4) is 0 Å². The molecule has 0 bridgehead atoms. The molecule has 2 aliphatic heterocycles. The topological polar surface area (TPSA) is 108 Å². The number of hydrogen-bond donors (Lipinski definition) is 1. The highest BCUT2D eigenvalue weighted by Crippen LogP contribution is 2.37. The fourth-order valence-corrected chi connectivity index (χ4v) is 5.64. The highest BCUT2D eigenvalue weighted by atomic mass is 35.5. The van der Waals surface area contributed by atoms with E-state index in [9.17, 15) is 9.59 Å². The summed E-state index contributed by atoms with van der Waals surface area (Å²) in [6.45, 7) is 5.99. The summed E-state index contributed by atoms with van der Waals surface area (Å²) in [5.41, 5.74) is 2.86. The van der Waals surface area contributed by atoms with E-state index < -0.39 is 12.0 Å². The van der Waals surface area contributed by atoms with E-state index in [1.165, 1.54) is 11.8 Å². The lowest BCUT2D eigenvalue weighted by molar-refractivity contribution is -0.139. The van der Waals surface area contributed by atoms with Gasteiger partial charge in [-0.1, -0.05) is 53.7 Å². The number of esters is 1. The minimum Gasteiger partial charge on any atom is -0.484 e. The van der Waals surface area contributed by atoms with Gasteiger partial charge in [0.1, 0.15) is 11.8 Å². The quantitative estimate of drug-likeness (QED) is 0.291. The lowest BCUT2D eigenvalue weighted by atomic mass is 9.96. The predicted octanol–water partition coefficient (Wildman–Crippen LogP) is 4.31. The number of amides is 1. The Hall–Kier alpha value is -3.54. The highest BCUT2D eigenvalue weighted by molar-refractivity contribution is 7.98. The van der Waals surface area contributed by atoms with Crippen LogP contribution < -0.4 is 10.1 Å². The first-order chi connectivity index (χ1) is 19.4. The average molecular weight is 584 g/mol. The van der Waals surface area contributed by atoms with Crippen LogP contribution in [-0.4, -0.2) is 71.1 Å². The summed E-state index contributed by atoms with van der Waals surface area (Å²) in [5.74, 6) is 1.16. The number of aromatic nitrogens is 3. The third-order valence-electron chi connectivity index (χ3n) is 6.57. The molecular weight excluding hydrogens is 554 g/mol. The van der Waals surface area contributed by atoms with Gasteiger partial charge in [0, 0.05) is 29.6 Å². The van der Waals surface area contributed by atoms with Crippen LogP contribution in [0.25, 0.3) is 0 Å². The molecule has 1 aromatic heterocycles. The van der Waals surface area contributed by atoms with Crippen molar-refractivity contribution in [3.63, 3.8) is 0 Å². The molecule has 0 spiro atoms. The van der Waals surface area contributed by atoms with Crippen LogP contribution in [0, 0.1) is 0 Å². The van der Waals surface area contributed by atoms with E-state index in [1.54, 1.807) is 28.6 Å². The van der Waals surface area contributed by atoms with Gasteiger partial charge in [-0.3, -0.25) is 4.79 Å². The van der Waals surface area contributed by atoms with Crippen molar-refractivity contribution in [1.29, 1.82) is 0 Å². The zero-order valence-electron chi connectivity index (χ0n) is 22.3. The molecule has 0 aliphatic carbocycles. The molecule has 1 saturated heterocycles. The molecule has 5 rings (SSSR count). The standard InChI is InChI=1S/C28H30ClN5O5S/c1-3-38-26(36)24-18(2)30-27-31-28(40-17-20-6-4-5-7-22(20)29)32-34(27)25(24)19-8-10-21(11-9-19)39-16-23(35)33-12-14-37-15-13-33/h4-11,25H,3,12-17H2,1-2H3,(H,30,31,32). The first-order valence-corrected chi connectivity index (χ1v) is 14.4. The third kappa shape index (κ3) is 6.27. The number of thioether (sulfide) groups is 1. The van der Waals surface area contributed by atoms with Crippen molar-refractivity contribution in [2.75, 3.05) is 44.8 Å². The molecule has 0 radical (unpaired) electrons. The van der Waals surface area contributed by atoms with Crippen molar-refractivity contribution in [3.8, 4) is 5.75 Å². The smallest absolute Gasteiger partial charge is 0.338 e. The number of carbonyl (C=O) groups is 2. The van der Waals surface area contributed by atoms with Gasteiger partial charge in [-0.2, -0.15) is 4.98 Å². The van der Waals surface area contributed by atoms with Crippen LogP contribution in [0.2, 0.25) is 5.02 Å². The van der Waals surface area contributed by atoms with Crippen molar-refractivity contribution in [3.05, 3.63) is 76.0 Å². The molecule has 3 aromatic rings. The van der Waals surface area contributed by atoms with Gasteiger partial charge in [0.05, 0.1) is 25.4 Å². The fourth-order valence-electron chi connectivity index (χ4n) is 4.53. The number of ether oxygens (including phenoxy) is 3. The lowest BCUT2D eigenvalue weighted by Crippen LogP contribution is -2.42. The number of hydrogen-bond acceptors (Lipinski definition) is 9. The monoisotopic (exact) mass is 583 g/mol. The number of halogens is 1. The summed E-state index contributed by atoms with van der Waals surface area (Å²) in [4.78, 5) is 31.9. The number of benzene rings is 2. The maximum absolute atomic E-state index is 13.1. The Morgan fingerprint density at radius 2 is 1.90 bits per heavy atom. The van der Waals surface area contributed by atoms with E-state index in [0.29, 0.717) is 65.2 Å². The molecule has 12 heteroatoms. The summed E-state index contributed by atoms with van der Waals surface area (Å²) in [7, 11) is 0. The number of morpholine rings is 1. The van der Waals surface area contributed by atoms with Crippen molar-refractivity contribution < 1.29 is 23.8 Å². The van der Waals surface area contributed by atoms with E-state index in [4.69, 9.17) is 30.9 Å². The largest absolute Gasteiger partial charge is 0.484 e. The number of nitrogens with one attached hydrogen (secondary N) is 1. The normalized spacial score (nSPS) is 16.8. The molecule has 10 nitrogen and oxygen atoms in total. The summed E-state index contributed by atoms with van der Waals surface area (Å²) < 4.78 is 18.2. The van der Waals surface area contributed by atoms with E-state index in [2.05, 4.69) is 10.3 Å². The van der Waals surface area contributed by atoms with Gasteiger partial charge in [-0.05, 0) is 43.2 Å². The third-order valence-corrected chi connectivity index (χ3v) is 7.82. The minimum absolute atomic E-state index is 0.0565. The number of anilines is 1. The highest BCUT2D eigenvalue weighted by Gasteiger charge is 2.35. The first-order valence-electron chi connectivity index (χ1n) is 13.0. The Morgan fingerprint density at radius 3 is 2.62 bits per heavy atom. The molecule has 210 valence electrons. The van der Waals surface area contributed by atoms with Crippen LogP contribution >= 0.6 is 23.4 Å². The zero-order chi connectivity index (χ0) is 28.1. The summed E-state index contributed by atoms with van der Waals surface area (Å²) in [5, 5.41) is 9.19. The molecule has 1 unspecified atom stereocenters. The number of fused-ring (bicyclic) bond motifs is 1. The molecule has 3 heterocycles. The second-order valence-electron chi connectivity index (χ2n) is 9.18. The Balaban J connectivity index is 1.37. The van der Waals surface area contributed by atoms with Crippen molar-refractivity contribution in [1.82, 2.24) is 19.7 Å². The zero-order valence-corrected chi connectivity index (χ0v) is 23.8. The van der Waals surface area contributed by atoms with Gasteiger partial charge >= 0.3 is 5.97 Å². The van der Waals surface area contributed by atoms with Gasteiger partial charge in [-0.15, -0.1) is 5.10 Å². The van der Waals surface area contributed by atoms with Crippen LogP contribution in [0.1, 0.15) is 31.0 Å². The van der Waals surface area contributed by atoms with E-state index in [0.717, 1.165) is 11.1 Å². The SMILES string of the molecule is CCOC(=O)C1=C(C)Nc2nc(SCc3ccccc3Cl)nn2C1c1ccc(OCC(=O)N2CCOCC2)cc1. The van der Waals surface area contributed by atoms with Gasteiger partial charge in [0.2, 0.25) is 11.1 Å². The van der Waals surface area contributed by atoms with Crippen LogP contribution in [0.15, 0.2) is 65.0 Å². The Bertz CT molecular complexity index is 1400. The second-order valence-corrected chi connectivity index (χ2v) is 10.5. The van der Waals surface area contributed by atoms with Gasteiger partial charge in [-0.25, -0.2) is 9.48 Å². The molecule has 2 aliphatic rings. The van der Waals surface area contributed by atoms with Crippen LogP contribution in [-0.2, 0) is 24.8 Å². The molecule has 1 N–H and O–H groups in total. The van der Waals surface area contributed by atoms with Crippen molar-refractivity contribution >= 4 is 41.2 Å². The number of nitrogens with zero attached hydrogens (tertiary/aromatic N) is 4. The predicted molar refractivity (Wildman–Crippen MR) is 151 cm³/mol. The second kappa shape index (κ2) is 12.8. The number of carbonyl (C=O) groups excluding carboxylic acids is 2. The van der Waals surface area contributed by atoms with Crippen molar-refractivity contribution in [2.24, 2.45) is 0 Å². The molecule has 0 saturated carbocycles. The number of allylic oxidation sites excluding steroid dienone is 1. The Morgan fingerprint density at radius 1 is 1.15 bits per heavy atom. The Labute approximate surface area is 241 Å². The fraction of sp³-hybridized carbons (Fsp3) is 0.357. The maximum Gasteiger partial charge on any atom is 0.338 e. The first kappa shape index (κ1) is 28.0. The maximum atomic E-state index is 13.1. The molecule has 1 amide bonds. The van der Waals surface area contributed by atoms with Crippen molar-refractivity contribution in [2.45, 2.75) is 30.8 Å². The van der Waals surface area contributed by atoms with E-state index in [-0.39, 0.29) is 19.1 Å². The van der Waals surface area contributed by atoms with E-state index >= 15 is 0 Å².